The molecule has 0 aromatic heterocycles. The minimum atomic E-state index is -1.51. The molecule has 2 aliphatic rings. The molecule has 3 unspecified atom stereocenters. The van der Waals surface area contributed by atoms with E-state index in [9.17, 15) is 30.3 Å². The summed E-state index contributed by atoms with van der Waals surface area (Å²) >= 11 is 0. The number of aliphatic hydroxyl groups is 3. The summed E-state index contributed by atoms with van der Waals surface area (Å²) in [6.07, 6.45) is -6.50. The van der Waals surface area contributed by atoms with E-state index >= 15 is 0 Å². The van der Waals surface area contributed by atoms with E-state index in [0.717, 1.165) is 6.07 Å². The van der Waals surface area contributed by atoms with Gasteiger partial charge in [0.2, 0.25) is 5.75 Å². The molecule has 5 atom stereocenters. The predicted molar refractivity (Wildman–Crippen MR) is 72.2 cm³/mol. The number of hydrogen-bond acceptors (Lipinski definition) is 9. The number of esters is 1. The first-order valence-electron chi connectivity index (χ1n) is 6.87. The maximum Gasteiger partial charge on any atom is 0.339 e. The monoisotopic (exact) mass is 328 g/mol. The van der Waals surface area contributed by atoms with E-state index in [2.05, 4.69) is 0 Å². The number of benzene rings is 1. The summed E-state index contributed by atoms with van der Waals surface area (Å²) in [6, 6.07) is 1.06. The van der Waals surface area contributed by atoms with Crippen LogP contribution in [-0.4, -0.2) is 69.6 Å². The van der Waals surface area contributed by atoms with Gasteiger partial charge < -0.3 is 39.7 Å². The lowest BCUT2D eigenvalue weighted by Crippen LogP contribution is -2.58. The summed E-state index contributed by atoms with van der Waals surface area (Å²) in [7, 11) is 1.22. The lowest BCUT2D eigenvalue weighted by molar-refractivity contribution is -0.235. The molecule has 1 aromatic rings. The number of phenols is 2. The molecule has 0 radical (unpaired) electrons. The van der Waals surface area contributed by atoms with Crippen molar-refractivity contribution < 1.29 is 44.5 Å². The highest BCUT2D eigenvalue weighted by Crippen LogP contribution is 2.49. The molecule has 0 spiro atoms. The van der Waals surface area contributed by atoms with Crippen LogP contribution in [0.3, 0.4) is 0 Å². The van der Waals surface area contributed by atoms with Gasteiger partial charge in [0, 0.05) is 5.56 Å². The third kappa shape index (κ3) is 2.20. The molecule has 0 bridgehead atoms. The minimum absolute atomic E-state index is 0.0368. The summed E-state index contributed by atoms with van der Waals surface area (Å²) in [5.41, 5.74) is -0.187. The number of methoxy groups -OCH3 is 1. The highest BCUT2D eigenvalue weighted by Gasteiger charge is 2.52. The Morgan fingerprint density at radius 2 is 1.96 bits per heavy atom. The van der Waals surface area contributed by atoms with Crippen molar-refractivity contribution in [3.05, 3.63) is 17.2 Å². The largest absolute Gasteiger partial charge is 0.504 e. The molecule has 1 saturated heterocycles. The quantitative estimate of drug-likeness (QED) is 0.422. The minimum Gasteiger partial charge on any atom is -0.504 e. The topological polar surface area (TPSA) is 146 Å². The van der Waals surface area contributed by atoms with Crippen molar-refractivity contribution >= 4 is 5.97 Å². The van der Waals surface area contributed by atoms with E-state index < -0.39 is 54.6 Å². The van der Waals surface area contributed by atoms with Crippen LogP contribution in [0.15, 0.2) is 6.07 Å². The van der Waals surface area contributed by atoms with Crippen LogP contribution < -0.4 is 4.74 Å². The molecular formula is C14H16O9. The number of carbonyl (C=O) groups excluding carboxylic acids is 1. The normalized spacial score (nSPS) is 32.7. The molecule has 1 aromatic carbocycles. The molecule has 9 heteroatoms. The molecule has 23 heavy (non-hydrogen) atoms. The molecule has 0 amide bonds. The van der Waals surface area contributed by atoms with Crippen LogP contribution in [-0.2, 0) is 9.47 Å². The van der Waals surface area contributed by atoms with E-state index in [1.807, 2.05) is 0 Å². The van der Waals surface area contributed by atoms with Crippen molar-refractivity contribution in [1.82, 2.24) is 0 Å². The van der Waals surface area contributed by atoms with Crippen LogP contribution in [0, 0.1) is 0 Å². The zero-order chi connectivity index (χ0) is 16.9. The van der Waals surface area contributed by atoms with Crippen molar-refractivity contribution in [2.45, 2.75) is 30.5 Å². The fourth-order valence-electron chi connectivity index (χ4n) is 2.95. The fourth-order valence-corrected chi connectivity index (χ4v) is 2.95. The van der Waals surface area contributed by atoms with Gasteiger partial charge in [0.15, 0.2) is 17.6 Å². The summed E-state index contributed by atoms with van der Waals surface area (Å²) in [5.74, 6) is -2.16. The van der Waals surface area contributed by atoms with Gasteiger partial charge in [-0.2, -0.15) is 0 Å². The van der Waals surface area contributed by atoms with E-state index in [0.29, 0.717) is 0 Å². The Morgan fingerprint density at radius 1 is 1.26 bits per heavy atom. The lowest BCUT2D eigenvalue weighted by Gasteiger charge is -2.44. The molecule has 5 N–H and O–H groups in total. The highest BCUT2D eigenvalue weighted by atomic mass is 16.6. The Hall–Kier alpha value is -2.07. The van der Waals surface area contributed by atoms with Crippen molar-refractivity contribution in [1.29, 1.82) is 0 Å². The third-order valence-electron chi connectivity index (χ3n) is 4.09. The number of aromatic hydroxyl groups is 2. The van der Waals surface area contributed by atoms with Gasteiger partial charge in [-0.05, 0) is 6.07 Å². The second kappa shape index (κ2) is 5.53. The van der Waals surface area contributed by atoms with Crippen LogP contribution >= 0.6 is 0 Å². The van der Waals surface area contributed by atoms with E-state index in [-0.39, 0.29) is 16.9 Å². The summed E-state index contributed by atoms with van der Waals surface area (Å²) < 4.78 is 15.4. The van der Waals surface area contributed by atoms with Gasteiger partial charge in [0.25, 0.3) is 0 Å². The van der Waals surface area contributed by atoms with Gasteiger partial charge >= 0.3 is 5.97 Å². The number of ether oxygens (including phenoxy) is 3. The molecular weight excluding hydrogens is 312 g/mol. The predicted octanol–water partition coefficient (Wildman–Crippen LogP) is -1.20. The first-order valence-corrected chi connectivity index (χ1v) is 6.87. The SMILES string of the molecule is COc1c(O)cc2c(c1O)[C@@H]1OC(CO)C(O)C(O)[C@@H]1OC2=O. The maximum absolute atomic E-state index is 12.1. The Kier molecular flexibility index (Phi) is 3.80. The Balaban J connectivity index is 2.16. The van der Waals surface area contributed by atoms with Crippen molar-refractivity contribution in [2.24, 2.45) is 0 Å². The Morgan fingerprint density at radius 3 is 2.57 bits per heavy atom. The zero-order valence-corrected chi connectivity index (χ0v) is 12.0. The number of rotatable bonds is 2. The second-order valence-electron chi connectivity index (χ2n) is 5.37. The third-order valence-corrected chi connectivity index (χ3v) is 4.09. The standard InChI is InChI=1S/C14H16O9/c1-21-11-5(16)2-4-7(9(11)18)12-13(23-14(4)20)10(19)8(17)6(3-15)22-12/h2,6,8,10,12-13,15-19H,3H2,1H3/t6?,8?,10?,12-,13-/m0/s1. The number of aliphatic hydroxyl groups excluding tert-OH is 3. The van der Waals surface area contributed by atoms with Crippen LogP contribution in [0.5, 0.6) is 17.2 Å². The number of carbonyl (C=O) groups is 1. The lowest BCUT2D eigenvalue weighted by atomic mass is 9.86. The van der Waals surface area contributed by atoms with Gasteiger partial charge in [-0.3, -0.25) is 0 Å². The van der Waals surface area contributed by atoms with E-state index in [4.69, 9.17) is 14.2 Å². The molecule has 0 aliphatic carbocycles. The second-order valence-corrected chi connectivity index (χ2v) is 5.37. The van der Waals surface area contributed by atoms with Gasteiger partial charge in [-0.25, -0.2) is 4.79 Å². The van der Waals surface area contributed by atoms with Gasteiger partial charge in [-0.15, -0.1) is 0 Å². The molecule has 9 nitrogen and oxygen atoms in total. The molecule has 3 rings (SSSR count). The highest BCUT2D eigenvalue weighted by molar-refractivity contribution is 5.95. The van der Waals surface area contributed by atoms with E-state index in [1.165, 1.54) is 7.11 Å². The molecule has 2 aliphatic heterocycles. The molecule has 126 valence electrons. The fraction of sp³-hybridized carbons (Fsp3) is 0.500. The van der Waals surface area contributed by atoms with Crippen LogP contribution in [0.25, 0.3) is 0 Å². The number of phenolic OH excluding ortho intramolecular Hbond substituents is 2. The first kappa shape index (κ1) is 15.8. The number of fused-ring (bicyclic) bond motifs is 3. The average molecular weight is 328 g/mol. The van der Waals surface area contributed by atoms with Gasteiger partial charge in [0.05, 0.1) is 19.3 Å². The first-order chi connectivity index (χ1) is 10.9. The molecule has 0 saturated carbocycles. The van der Waals surface area contributed by atoms with Crippen molar-refractivity contribution in [2.75, 3.05) is 13.7 Å². The molecule has 1 fully saturated rings. The van der Waals surface area contributed by atoms with Gasteiger partial charge in [-0.1, -0.05) is 0 Å². The van der Waals surface area contributed by atoms with Crippen LogP contribution in [0.1, 0.15) is 22.0 Å². The van der Waals surface area contributed by atoms with Gasteiger partial charge in [0.1, 0.15) is 24.4 Å². The Bertz CT molecular complexity index is 644. The van der Waals surface area contributed by atoms with Crippen LogP contribution in [0.4, 0.5) is 0 Å². The summed E-state index contributed by atoms with van der Waals surface area (Å²) in [6.45, 7) is -0.583. The zero-order valence-electron chi connectivity index (χ0n) is 12.0. The van der Waals surface area contributed by atoms with E-state index in [1.54, 1.807) is 0 Å². The average Bonchev–Trinajstić information content (AvgIpc) is 2.52. The molecule has 2 heterocycles. The smallest absolute Gasteiger partial charge is 0.339 e. The summed E-state index contributed by atoms with van der Waals surface area (Å²) in [4.78, 5) is 12.1. The number of hydrogen-bond donors (Lipinski definition) is 5. The summed E-state index contributed by atoms with van der Waals surface area (Å²) in [5, 5.41) is 49.3. The van der Waals surface area contributed by atoms with Crippen LogP contribution in [0.2, 0.25) is 0 Å². The van der Waals surface area contributed by atoms with Crippen molar-refractivity contribution in [3.8, 4) is 17.2 Å². The maximum atomic E-state index is 12.1. The van der Waals surface area contributed by atoms with Crippen molar-refractivity contribution in [3.63, 3.8) is 0 Å². The Labute approximate surface area is 130 Å².